The number of aryl methyl sites for hydroxylation is 1. The van der Waals surface area contributed by atoms with Gasteiger partial charge in [-0.15, -0.1) is 11.8 Å². The Morgan fingerprint density at radius 3 is 2.80 bits per heavy atom. The zero-order chi connectivity index (χ0) is 21.3. The first kappa shape index (κ1) is 21.7. The fourth-order valence-electron chi connectivity index (χ4n) is 2.69. The van der Waals surface area contributed by atoms with E-state index in [4.69, 9.17) is 14.0 Å². The first-order valence-corrected chi connectivity index (χ1v) is 10.7. The monoisotopic (exact) mass is 427 g/mol. The van der Waals surface area contributed by atoms with Gasteiger partial charge in [0, 0.05) is 11.0 Å². The van der Waals surface area contributed by atoms with Crippen molar-refractivity contribution < 1.29 is 18.8 Å². The summed E-state index contributed by atoms with van der Waals surface area (Å²) in [6.07, 6.45) is 1.97. The van der Waals surface area contributed by atoms with E-state index in [1.165, 1.54) is 11.8 Å². The highest BCUT2D eigenvalue weighted by Crippen LogP contribution is 2.31. The largest absolute Gasteiger partial charge is 0.497 e. The molecule has 0 radical (unpaired) electrons. The number of methoxy groups -OCH3 is 1. The lowest BCUT2D eigenvalue weighted by Crippen LogP contribution is -2.14. The Kier molecular flexibility index (Phi) is 7.73. The van der Waals surface area contributed by atoms with Crippen molar-refractivity contribution in [2.75, 3.05) is 19.0 Å². The Hall–Kier alpha value is -3.00. The molecule has 3 rings (SSSR count). The number of nitrogens with one attached hydrogen (secondary N) is 1. The minimum absolute atomic E-state index is 0.228. The van der Waals surface area contributed by atoms with E-state index in [9.17, 15) is 4.79 Å². The highest BCUT2D eigenvalue weighted by Gasteiger charge is 2.16. The fourth-order valence-corrected chi connectivity index (χ4v) is 3.58. The molecule has 1 aromatic heterocycles. The van der Waals surface area contributed by atoms with Crippen LogP contribution in [0.1, 0.15) is 41.8 Å². The van der Waals surface area contributed by atoms with Crippen molar-refractivity contribution >= 4 is 23.4 Å². The highest BCUT2D eigenvalue weighted by atomic mass is 32.2. The number of carbonyl (C=O) groups is 1. The van der Waals surface area contributed by atoms with Crippen molar-refractivity contribution in [1.29, 1.82) is 0 Å². The summed E-state index contributed by atoms with van der Waals surface area (Å²) in [5.41, 5.74) is 1.13. The average molecular weight is 428 g/mol. The van der Waals surface area contributed by atoms with Gasteiger partial charge in [0.1, 0.15) is 11.5 Å². The van der Waals surface area contributed by atoms with Crippen molar-refractivity contribution in [3.8, 4) is 11.5 Å². The number of aromatic nitrogens is 2. The SMILES string of the molecule is CCCCOc1ccc(OC)cc1NC(=O)c1ccccc1SCc1nc(C)no1. The number of anilines is 1. The number of ether oxygens (including phenoxy) is 2. The molecule has 0 fully saturated rings. The smallest absolute Gasteiger partial charge is 0.256 e. The molecule has 0 unspecified atom stereocenters. The Balaban J connectivity index is 1.77. The van der Waals surface area contributed by atoms with Crippen LogP contribution < -0.4 is 14.8 Å². The summed E-state index contributed by atoms with van der Waals surface area (Å²) in [5, 5.41) is 6.76. The molecule has 3 aromatic rings. The molecular weight excluding hydrogens is 402 g/mol. The molecule has 0 atom stereocenters. The number of unbranched alkanes of at least 4 members (excludes halogenated alkanes) is 1. The van der Waals surface area contributed by atoms with Crippen molar-refractivity contribution in [3.05, 3.63) is 59.7 Å². The molecule has 30 heavy (non-hydrogen) atoms. The molecule has 1 amide bonds. The van der Waals surface area contributed by atoms with Crippen LogP contribution >= 0.6 is 11.8 Å². The average Bonchev–Trinajstić information content (AvgIpc) is 3.18. The molecule has 0 bridgehead atoms. The number of carbonyl (C=O) groups excluding carboxylic acids is 1. The molecule has 0 aliphatic heterocycles. The van der Waals surface area contributed by atoms with Gasteiger partial charge in [0.05, 0.1) is 30.7 Å². The van der Waals surface area contributed by atoms with Crippen molar-refractivity contribution in [2.24, 2.45) is 0 Å². The summed E-state index contributed by atoms with van der Waals surface area (Å²) in [4.78, 5) is 18.1. The standard InChI is InChI=1S/C22H25N3O4S/c1-4-5-12-28-19-11-10-16(27-3)13-18(19)24-22(26)17-8-6-7-9-20(17)30-14-21-23-15(2)25-29-21/h6-11,13H,4-5,12,14H2,1-3H3,(H,24,26). The van der Waals surface area contributed by atoms with E-state index in [2.05, 4.69) is 22.4 Å². The van der Waals surface area contributed by atoms with Crippen LogP contribution in [0.4, 0.5) is 5.69 Å². The van der Waals surface area contributed by atoms with E-state index in [-0.39, 0.29) is 5.91 Å². The third kappa shape index (κ3) is 5.76. The quantitative estimate of drug-likeness (QED) is 0.355. The van der Waals surface area contributed by atoms with Crippen LogP contribution in [-0.2, 0) is 5.75 Å². The number of nitrogens with zero attached hydrogens (tertiary/aromatic N) is 2. The van der Waals surface area contributed by atoms with Crippen LogP contribution in [0.25, 0.3) is 0 Å². The van der Waals surface area contributed by atoms with E-state index in [0.717, 1.165) is 17.7 Å². The van der Waals surface area contributed by atoms with Crippen LogP contribution in [0.15, 0.2) is 51.9 Å². The van der Waals surface area contributed by atoms with E-state index in [1.54, 1.807) is 26.2 Å². The van der Waals surface area contributed by atoms with Gasteiger partial charge in [0.15, 0.2) is 5.82 Å². The van der Waals surface area contributed by atoms with Gasteiger partial charge < -0.3 is 19.3 Å². The second kappa shape index (κ2) is 10.7. The number of benzene rings is 2. The number of thioether (sulfide) groups is 1. The lowest BCUT2D eigenvalue weighted by atomic mass is 10.2. The lowest BCUT2D eigenvalue weighted by molar-refractivity contribution is 0.102. The second-order valence-corrected chi connectivity index (χ2v) is 7.56. The molecule has 8 heteroatoms. The molecule has 1 N–H and O–H groups in total. The van der Waals surface area contributed by atoms with Crippen molar-refractivity contribution in [3.63, 3.8) is 0 Å². The zero-order valence-corrected chi connectivity index (χ0v) is 18.1. The number of amides is 1. The number of hydrogen-bond acceptors (Lipinski definition) is 7. The maximum atomic E-state index is 13.1. The Bertz CT molecular complexity index is 990. The minimum atomic E-state index is -0.228. The first-order valence-electron chi connectivity index (χ1n) is 9.74. The minimum Gasteiger partial charge on any atom is -0.497 e. The topological polar surface area (TPSA) is 86.5 Å². The summed E-state index contributed by atoms with van der Waals surface area (Å²) in [6, 6.07) is 12.8. The predicted octanol–water partition coefficient (Wildman–Crippen LogP) is 5.11. The molecule has 0 aliphatic carbocycles. The molecule has 2 aromatic carbocycles. The maximum absolute atomic E-state index is 13.1. The first-order chi connectivity index (χ1) is 14.6. The fraction of sp³-hybridized carbons (Fsp3) is 0.318. The van der Waals surface area contributed by atoms with E-state index >= 15 is 0 Å². The Morgan fingerprint density at radius 1 is 1.23 bits per heavy atom. The molecular formula is C22H25N3O4S. The van der Waals surface area contributed by atoms with Gasteiger partial charge in [-0.3, -0.25) is 4.79 Å². The predicted molar refractivity (Wildman–Crippen MR) is 116 cm³/mol. The van der Waals surface area contributed by atoms with Gasteiger partial charge in [-0.05, 0) is 37.6 Å². The third-order valence-electron chi connectivity index (χ3n) is 4.24. The summed E-state index contributed by atoms with van der Waals surface area (Å²) in [7, 11) is 1.59. The van der Waals surface area contributed by atoms with Gasteiger partial charge in [-0.2, -0.15) is 4.98 Å². The van der Waals surface area contributed by atoms with Gasteiger partial charge in [0.25, 0.3) is 5.91 Å². The van der Waals surface area contributed by atoms with Gasteiger partial charge in [-0.1, -0.05) is 30.6 Å². The Morgan fingerprint density at radius 2 is 2.07 bits per heavy atom. The molecule has 0 saturated heterocycles. The summed E-state index contributed by atoms with van der Waals surface area (Å²) < 4.78 is 16.3. The van der Waals surface area contributed by atoms with Gasteiger partial charge >= 0.3 is 0 Å². The highest BCUT2D eigenvalue weighted by molar-refractivity contribution is 7.98. The molecule has 1 heterocycles. The summed E-state index contributed by atoms with van der Waals surface area (Å²) in [5.74, 6) is 2.62. The Labute approximate surface area is 180 Å². The molecule has 0 aliphatic rings. The molecule has 0 spiro atoms. The lowest BCUT2D eigenvalue weighted by Gasteiger charge is -2.15. The van der Waals surface area contributed by atoms with Crippen LogP contribution in [0.2, 0.25) is 0 Å². The normalized spacial score (nSPS) is 10.6. The second-order valence-electron chi connectivity index (χ2n) is 6.54. The van der Waals surface area contributed by atoms with Crippen LogP contribution in [-0.4, -0.2) is 29.8 Å². The molecule has 158 valence electrons. The summed E-state index contributed by atoms with van der Waals surface area (Å²) in [6.45, 7) is 4.46. The zero-order valence-electron chi connectivity index (χ0n) is 17.3. The number of rotatable bonds is 10. The van der Waals surface area contributed by atoms with E-state index in [1.807, 2.05) is 30.3 Å². The molecule has 7 nitrogen and oxygen atoms in total. The van der Waals surface area contributed by atoms with Crippen molar-refractivity contribution in [2.45, 2.75) is 37.3 Å². The van der Waals surface area contributed by atoms with Gasteiger partial charge in [-0.25, -0.2) is 0 Å². The summed E-state index contributed by atoms with van der Waals surface area (Å²) >= 11 is 1.47. The van der Waals surface area contributed by atoms with Crippen molar-refractivity contribution in [1.82, 2.24) is 10.1 Å². The third-order valence-corrected chi connectivity index (χ3v) is 5.30. The van der Waals surface area contributed by atoms with E-state index in [0.29, 0.717) is 46.8 Å². The molecule has 0 saturated carbocycles. The van der Waals surface area contributed by atoms with Crippen LogP contribution in [0.5, 0.6) is 11.5 Å². The van der Waals surface area contributed by atoms with Crippen LogP contribution in [0, 0.1) is 6.92 Å². The number of hydrogen-bond donors (Lipinski definition) is 1. The maximum Gasteiger partial charge on any atom is 0.256 e. The van der Waals surface area contributed by atoms with Crippen LogP contribution in [0.3, 0.4) is 0 Å². The van der Waals surface area contributed by atoms with E-state index < -0.39 is 0 Å². The van der Waals surface area contributed by atoms with Gasteiger partial charge in [0.2, 0.25) is 5.89 Å².